The number of benzene rings is 2. The quantitative estimate of drug-likeness (QED) is 0.812. The molecule has 2 aromatic rings. The van der Waals surface area contributed by atoms with Gasteiger partial charge in [0, 0.05) is 20.9 Å². The summed E-state index contributed by atoms with van der Waals surface area (Å²) in [6, 6.07) is 10.1. The maximum Gasteiger partial charge on any atom is 0.255 e. The van der Waals surface area contributed by atoms with Crippen LogP contribution in [0.25, 0.3) is 0 Å². The summed E-state index contributed by atoms with van der Waals surface area (Å²) in [4.78, 5) is 11.8. The summed E-state index contributed by atoms with van der Waals surface area (Å²) in [5, 5.41) is 2.50. The van der Waals surface area contributed by atoms with Crippen LogP contribution in [0.3, 0.4) is 0 Å². The number of amides is 1. The molecule has 0 bridgehead atoms. The Morgan fingerprint density at radius 1 is 1.00 bits per heavy atom. The molecule has 0 radical (unpaired) electrons. The molecule has 0 atom stereocenters. The predicted molar refractivity (Wildman–Crippen MR) is 73.5 cm³/mol. The first-order valence-electron chi connectivity index (χ1n) is 5.08. The lowest BCUT2D eigenvalue weighted by atomic mass is 10.2. The van der Waals surface area contributed by atoms with Gasteiger partial charge in [-0.3, -0.25) is 4.79 Å². The Bertz CT molecular complexity index is 584. The molecule has 92 valence electrons. The number of anilines is 1. The second kappa shape index (κ2) is 5.43. The van der Waals surface area contributed by atoms with Gasteiger partial charge in [-0.25, -0.2) is 8.78 Å². The van der Waals surface area contributed by atoms with Gasteiger partial charge in [0.1, 0.15) is 0 Å². The van der Waals surface area contributed by atoms with E-state index in [9.17, 15) is 13.6 Å². The predicted octanol–water partition coefficient (Wildman–Crippen LogP) is 3.82. The molecule has 2 aromatic carbocycles. The van der Waals surface area contributed by atoms with Crippen molar-refractivity contribution in [3.05, 3.63) is 63.2 Å². The maximum absolute atomic E-state index is 13.0. The third-order valence-corrected chi connectivity index (χ3v) is 3.00. The Morgan fingerprint density at radius 3 is 2.28 bits per heavy atom. The molecule has 0 aliphatic rings. The molecule has 0 aromatic heterocycles. The van der Waals surface area contributed by atoms with Gasteiger partial charge in [0.2, 0.25) is 0 Å². The van der Waals surface area contributed by atoms with Crippen molar-refractivity contribution in [2.45, 2.75) is 0 Å². The van der Waals surface area contributed by atoms with Crippen LogP contribution in [-0.2, 0) is 0 Å². The monoisotopic (exact) mass is 359 g/mol. The molecule has 0 saturated heterocycles. The minimum Gasteiger partial charge on any atom is -0.322 e. The van der Waals surface area contributed by atoms with Crippen LogP contribution in [-0.4, -0.2) is 5.91 Å². The fraction of sp³-hybridized carbons (Fsp3) is 0. The summed E-state index contributed by atoms with van der Waals surface area (Å²) in [7, 11) is 0. The largest absolute Gasteiger partial charge is 0.322 e. The zero-order chi connectivity index (χ0) is 13.1. The standard InChI is InChI=1S/C13H8F2INO/c14-11-6-5-10(7-12(11)15)17-13(18)8-1-3-9(16)4-2-8/h1-7H,(H,17,18). The summed E-state index contributed by atoms with van der Waals surface area (Å²) in [6.07, 6.45) is 0. The molecule has 0 heterocycles. The van der Waals surface area contributed by atoms with Crippen molar-refractivity contribution in [1.82, 2.24) is 0 Å². The van der Waals surface area contributed by atoms with Crippen LogP contribution in [0.15, 0.2) is 42.5 Å². The third kappa shape index (κ3) is 3.04. The van der Waals surface area contributed by atoms with Gasteiger partial charge in [-0.2, -0.15) is 0 Å². The normalized spacial score (nSPS) is 10.2. The van der Waals surface area contributed by atoms with Crippen molar-refractivity contribution in [2.75, 3.05) is 5.32 Å². The van der Waals surface area contributed by atoms with E-state index in [-0.39, 0.29) is 11.6 Å². The van der Waals surface area contributed by atoms with Gasteiger partial charge in [-0.1, -0.05) is 0 Å². The summed E-state index contributed by atoms with van der Waals surface area (Å²) < 4.78 is 26.7. The molecule has 0 unspecified atom stereocenters. The smallest absolute Gasteiger partial charge is 0.255 e. The molecular weight excluding hydrogens is 351 g/mol. The van der Waals surface area contributed by atoms with Crippen molar-refractivity contribution in [2.24, 2.45) is 0 Å². The topological polar surface area (TPSA) is 29.1 Å². The lowest BCUT2D eigenvalue weighted by Gasteiger charge is -2.05. The number of carbonyl (C=O) groups is 1. The lowest BCUT2D eigenvalue weighted by Crippen LogP contribution is -2.12. The van der Waals surface area contributed by atoms with Gasteiger partial charge in [0.15, 0.2) is 11.6 Å². The number of rotatable bonds is 2. The molecule has 5 heteroatoms. The van der Waals surface area contributed by atoms with E-state index < -0.39 is 11.6 Å². The van der Waals surface area contributed by atoms with E-state index in [1.54, 1.807) is 24.3 Å². The van der Waals surface area contributed by atoms with E-state index in [1.165, 1.54) is 6.07 Å². The van der Waals surface area contributed by atoms with Gasteiger partial charge < -0.3 is 5.32 Å². The first kappa shape index (κ1) is 12.9. The van der Waals surface area contributed by atoms with Crippen LogP contribution < -0.4 is 5.32 Å². The average Bonchev–Trinajstić information content (AvgIpc) is 2.34. The van der Waals surface area contributed by atoms with Gasteiger partial charge in [0.25, 0.3) is 5.91 Å². The van der Waals surface area contributed by atoms with Crippen molar-refractivity contribution in [3.8, 4) is 0 Å². The Morgan fingerprint density at radius 2 is 1.67 bits per heavy atom. The van der Waals surface area contributed by atoms with E-state index >= 15 is 0 Å². The molecule has 2 rings (SSSR count). The van der Waals surface area contributed by atoms with Crippen LogP contribution >= 0.6 is 22.6 Å². The molecule has 0 spiro atoms. The first-order chi connectivity index (χ1) is 8.56. The van der Waals surface area contributed by atoms with E-state index in [1.807, 2.05) is 0 Å². The highest BCUT2D eigenvalue weighted by Gasteiger charge is 2.08. The molecule has 0 fully saturated rings. The zero-order valence-corrected chi connectivity index (χ0v) is 11.2. The Labute approximate surface area is 116 Å². The number of carbonyl (C=O) groups excluding carboxylic acids is 1. The number of nitrogens with one attached hydrogen (secondary N) is 1. The molecular formula is C13H8F2INO. The summed E-state index contributed by atoms with van der Waals surface area (Å²) in [5.41, 5.74) is 0.678. The second-order valence-electron chi connectivity index (χ2n) is 3.59. The molecule has 2 nitrogen and oxygen atoms in total. The zero-order valence-electron chi connectivity index (χ0n) is 9.08. The molecule has 0 aliphatic carbocycles. The fourth-order valence-corrected chi connectivity index (χ4v) is 1.74. The van der Waals surface area contributed by atoms with Crippen molar-refractivity contribution in [3.63, 3.8) is 0 Å². The molecule has 18 heavy (non-hydrogen) atoms. The van der Waals surface area contributed by atoms with Crippen molar-refractivity contribution >= 4 is 34.2 Å². The van der Waals surface area contributed by atoms with E-state index in [0.717, 1.165) is 15.7 Å². The van der Waals surface area contributed by atoms with Crippen LogP contribution in [0.1, 0.15) is 10.4 Å². The van der Waals surface area contributed by atoms with Crippen LogP contribution in [0.2, 0.25) is 0 Å². The minimum absolute atomic E-state index is 0.220. The van der Waals surface area contributed by atoms with Gasteiger partial charge in [-0.15, -0.1) is 0 Å². The highest BCUT2D eigenvalue weighted by Crippen LogP contribution is 2.15. The first-order valence-corrected chi connectivity index (χ1v) is 6.16. The van der Waals surface area contributed by atoms with Gasteiger partial charge in [0.05, 0.1) is 0 Å². The van der Waals surface area contributed by atoms with Gasteiger partial charge >= 0.3 is 0 Å². The second-order valence-corrected chi connectivity index (χ2v) is 4.84. The Balaban J connectivity index is 2.16. The highest BCUT2D eigenvalue weighted by molar-refractivity contribution is 14.1. The third-order valence-electron chi connectivity index (χ3n) is 2.28. The average molecular weight is 359 g/mol. The van der Waals surface area contributed by atoms with Gasteiger partial charge in [-0.05, 0) is 59.0 Å². The number of halogens is 3. The summed E-state index contributed by atoms with van der Waals surface area (Å²) in [6.45, 7) is 0. The van der Waals surface area contributed by atoms with E-state index in [4.69, 9.17) is 0 Å². The Kier molecular flexibility index (Phi) is 3.90. The molecule has 0 aliphatic heterocycles. The SMILES string of the molecule is O=C(Nc1ccc(F)c(F)c1)c1ccc(I)cc1. The summed E-state index contributed by atoms with van der Waals surface area (Å²) in [5.74, 6) is -2.30. The number of hydrogen-bond acceptors (Lipinski definition) is 1. The Hall–Kier alpha value is -1.50. The summed E-state index contributed by atoms with van der Waals surface area (Å²) >= 11 is 2.13. The van der Waals surface area contributed by atoms with Crippen LogP contribution in [0.4, 0.5) is 14.5 Å². The van der Waals surface area contributed by atoms with Crippen molar-refractivity contribution in [1.29, 1.82) is 0 Å². The van der Waals surface area contributed by atoms with Crippen LogP contribution in [0, 0.1) is 15.2 Å². The molecule has 1 amide bonds. The number of hydrogen-bond donors (Lipinski definition) is 1. The maximum atomic E-state index is 13.0. The van der Waals surface area contributed by atoms with E-state index in [2.05, 4.69) is 27.9 Å². The molecule has 1 N–H and O–H groups in total. The fourth-order valence-electron chi connectivity index (χ4n) is 1.38. The molecule has 0 saturated carbocycles. The van der Waals surface area contributed by atoms with E-state index in [0.29, 0.717) is 5.56 Å². The lowest BCUT2D eigenvalue weighted by molar-refractivity contribution is 0.102. The van der Waals surface area contributed by atoms with Crippen molar-refractivity contribution < 1.29 is 13.6 Å². The van der Waals surface area contributed by atoms with Crippen LogP contribution in [0.5, 0.6) is 0 Å². The highest BCUT2D eigenvalue weighted by atomic mass is 127. The minimum atomic E-state index is -0.990.